The summed E-state index contributed by atoms with van der Waals surface area (Å²) in [5.41, 5.74) is 7.64. The van der Waals surface area contributed by atoms with Gasteiger partial charge >= 0.3 is 11.8 Å². The number of anilines is 2. The summed E-state index contributed by atoms with van der Waals surface area (Å²) in [4.78, 5) is 30.9. The molecule has 0 unspecified atom stereocenters. The molecule has 0 bridgehead atoms. The predicted molar refractivity (Wildman–Crippen MR) is 104 cm³/mol. The van der Waals surface area contributed by atoms with Gasteiger partial charge in [0, 0.05) is 13.1 Å². The third kappa shape index (κ3) is 4.22. The second kappa shape index (κ2) is 7.86. The standard InChI is InChI=1S/C19H22N6O2/c1-12(2)10-25(11-13-6-4-3-5-7-13)19(27)18(26)23-15-9-21-17(20)14-8-22-24-16(14)15/h3-9,12H,10-11H2,1-2H3,(H2,20,21)(H,22,24)(H,23,26). The van der Waals surface area contributed by atoms with Crippen LogP contribution in [0.15, 0.2) is 42.7 Å². The van der Waals surface area contributed by atoms with Gasteiger partial charge in [0.25, 0.3) is 0 Å². The topological polar surface area (TPSA) is 117 Å². The van der Waals surface area contributed by atoms with Crippen molar-refractivity contribution in [3.05, 3.63) is 48.3 Å². The number of nitrogens with one attached hydrogen (secondary N) is 2. The van der Waals surface area contributed by atoms with E-state index in [9.17, 15) is 9.59 Å². The average molecular weight is 366 g/mol. The van der Waals surface area contributed by atoms with Gasteiger partial charge in [-0.3, -0.25) is 14.7 Å². The Morgan fingerprint density at radius 2 is 1.96 bits per heavy atom. The lowest BCUT2D eigenvalue weighted by Gasteiger charge is -2.24. The monoisotopic (exact) mass is 366 g/mol. The highest BCUT2D eigenvalue weighted by Gasteiger charge is 2.24. The van der Waals surface area contributed by atoms with E-state index < -0.39 is 11.8 Å². The van der Waals surface area contributed by atoms with Crippen molar-refractivity contribution in [1.29, 1.82) is 0 Å². The highest BCUT2D eigenvalue weighted by molar-refractivity contribution is 6.40. The minimum absolute atomic E-state index is 0.225. The third-order valence-corrected chi connectivity index (χ3v) is 4.05. The first-order valence-corrected chi connectivity index (χ1v) is 8.67. The van der Waals surface area contributed by atoms with E-state index in [1.165, 1.54) is 12.4 Å². The van der Waals surface area contributed by atoms with Crippen molar-refractivity contribution in [2.45, 2.75) is 20.4 Å². The van der Waals surface area contributed by atoms with E-state index >= 15 is 0 Å². The molecule has 140 valence electrons. The largest absolute Gasteiger partial charge is 0.383 e. The second-order valence-corrected chi connectivity index (χ2v) is 6.74. The van der Waals surface area contributed by atoms with Crippen LogP contribution in [0.2, 0.25) is 0 Å². The predicted octanol–water partition coefficient (Wildman–Crippen LogP) is 2.16. The number of fused-ring (bicyclic) bond motifs is 1. The number of pyridine rings is 1. The Hall–Kier alpha value is -3.42. The zero-order valence-electron chi connectivity index (χ0n) is 15.3. The number of H-pyrrole nitrogens is 1. The highest BCUT2D eigenvalue weighted by Crippen LogP contribution is 2.23. The van der Waals surface area contributed by atoms with Crippen LogP contribution in [0.3, 0.4) is 0 Å². The minimum atomic E-state index is -0.728. The molecule has 8 heteroatoms. The molecule has 0 aliphatic heterocycles. The van der Waals surface area contributed by atoms with Crippen molar-refractivity contribution in [3.8, 4) is 0 Å². The number of nitrogens with two attached hydrogens (primary N) is 1. The molecule has 0 radical (unpaired) electrons. The molecule has 1 aromatic carbocycles. The number of amides is 2. The van der Waals surface area contributed by atoms with Crippen LogP contribution < -0.4 is 11.1 Å². The Bertz CT molecular complexity index is 951. The lowest BCUT2D eigenvalue weighted by molar-refractivity contribution is -0.143. The molecule has 3 rings (SSSR count). The molecule has 0 spiro atoms. The van der Waals surface area contributed by atoms with E-state index in [1.807, 2.05) is 44.2 Å². The lowest BCUT2D eigenvalue weighted by atomic mass is 10.1. The molecule has 0 fully saturated rings. The fourth-order valence-corrected chi connectivity index (χ4v) is 2.83. The fraction of sp³-hybridized carbons (Fsp3) is 0.263. The SMILES string of the molecule is CC(C)CN(Cc1ccccc1)C(=O)C(=O)Nc1cnc(N)c2cn[nH]c12. The molecule has 0 aliphatic carbocycles. The first kappa shape index (κ1) is 18.4. The summed E-state index contributed by atoms with van der Waals surface area (Å²) < 4.78 is 0. The molecule has 0 atom stereocenters. The van der Waals surface area contributed by atoms with Gasteiger partial charge in [-0.1, -0.05) is 44.2 Å². The molecule has 8 nitrogen and oxygen atoms in total. The van der Waals surface area contributed by atoms with Crippen LogP contribution >= 0.6 is 0 Å². The van der Waals surface area contributed by atoms with Crippen LogP contribution in [0.25, 0.3) is 10.9 Å². The Balaban J connectivity index is 1.79. The van der Waals surface area contributed by atoms with Crippen molar-refractivity contribution >= 4 is 34.2 Å². The van der Waals surface area contributed by atoms with Gasteiger partial charge in [0.1, 0.15) is 5.82 Å². The molecule has 2 amide bonds. The van der Waals surface area contributed by atoms with E-state index in [-0.39, 0.29) is 5.92 Å². The first-order chi connectivity index (χ1) is 13.0. The summed E-state index contributed by atoms with van der Waals surface area (Å²) in [6, 6.07) is 9.58. The molecule has 3 aromatic rings. The maximum Gasteiger partial charge on any atom is 0.314 e. The minimum Gasteiger partial charge on any atom is -0.383 e. The number of rotatable bonds is 5. The van der Waals surface area contributed by atoms with Gasteiger partial charge < -0.3 is 16.0 Å². The van der Waals surface area contributed by atoms with E-state index in [4.69, 9.17) is 5.73 Å². The number of hydrogen-bond donors (Lipinski definition) is 3. The van der Waals surface area contributed by atoms with E-state index in [0.29, 0.717) is 35.5 Å². The average Bonchev–Trinajstić information content (AvgIpc) is 3.14. The number of hydrogen-bond acceptors (Lipinski definition) is 5. The normalized spacial score (nSPS) is 10.9. The third-order valence-electron chi connectivity index (χ3n) is 4.05. The summed E-state index contributed by atoms with van der Waals surface area (Å²) in [6.07, 6.45) is 2.93. The summed E-state index contributed by atoms with van der Waals surface area (Å²) in [5.74, 6) is -0.803. The molecule has 0 saturated carbocycles. The van der Waals surface area contributed by atoms with Gasteiger partial charge in [-0.25, -0.2) is 4.98 Å². The lowest BCUT2D eigenvalue weighted by Crippen LogP contribution is -2.41. The number of nitrogen functional groups attached to an aromatic ring is 1. The highest BCUT2D eigenvalue weighted by atomic mass is 16.2. The van der Waals surface area contributed by atoms with Gasteiger partial charge in [0.05, 0.1) is 29.0 Å². The number of carbonyl (C=O) groups excluding carboxylic acids is 2. The van der Waals surface area contributed by atoms with Crippen LogP contribution in [0, 0.1) is 5.92 Å². The number of benzene rings is 1. The van der Waals surface area contributed by atoms with Crippen molar-refractivity contribution in [2.75, 3.05) is 17.6 Å². The molecule has 0 aliphatic rings. The van der Waals surface area contributed by atoms with Crippen LogP contribution in [-0.4, -0.2) is 38.4 Å². The molecule has 27 heavy (non-hydrogen) atoms. The van der Waals surface area contributed by atoms with Gasteiger partial charge in [0.2, 0.25) is 0 Å². The smallest absolute Gasteiger partial charge is 0.314 e. The maximum absolute atomic E-state index is 12.8. The Kier molecular flexibility index (Phi) is 5.35. The van der Waals surface area contributed by atoms with Crippen molar-refractivity contribution in [3.63, 3.8) is 0 Å². The Labute approximate surface area is 156 Å². The van der Waals surface area contributed by atoms with Gasteiger partial charge in [0.15, 0.2) is 0 Å². The van der Waals surface area contributed by atoms with Crippen LogP contribution in [0.5, 0.6) is 0 Å². The number of carbonyl (C=O) groups is 2. The summed E-state index contributed by atoms with van der Waals surface area (Å²) in [5, 5.41) is 9.88. The summed E-state index contributed by atoms with van der Waals surface area (Å²) in [7, 11) is 0. The number of aromatic amines is 1. The van der Waals surface area contributed by atoms with Gasteiger partial charge in [-0.05, 0) is 11.5 Å². The fourth-order valence-electron chi connectivity index (χ4n) is 2.83. The zero-order chi connectivity index (χ0) is 19.4. The molecule has 4 N–H and O–H groups in total. The number of aromatic nitrogens is 3. The van der Waals surface area contributed by atoms with Crippen LogP contribution in [-0.2, 0) is 16.1 Å². The van der Waals surface area contributed by atoms with Gasteiger partial charge in [-0.2, -0.15) is 5.10 Å². The van der Waals surface area contributed by atoms with Gasteiger partial charge in [-0.15, -0.1) is 0 Å². The summed E-state index contributed by atoms with van der Waals surface area (Å²) in [6.45, 7) is 4.84. The quantitative estimate of drug-likeness (QED) is 0.598. The van der Waals surface area contributed by atoms with E-state index in [1.54, 1.807) is 4.90 Å². The molecule has 0 saturated heterocycles. The second-order valence-electron chi connectivity index (χ2n) is 6.74. The molecule has 2 heterocycles. The van der Waals surface area contributed by atoms with Crippen molar-refractivity contribution in [1.82, 2.24) is 20.1 Å². The van der Waals surface area contributed by atoms with Crippen LogP contribution in [0.4, 0.5) is 11.5 Å². The molecule has 2 aromatic heterocycles. The summed E-state index contributed by atoms with van der Waals surface area (Å²) >= 11 is 0. The molecular formula is C19H22N6O2. The molecular weight excluding hydrogens is 344 g/mol. The first-order valence-electron chi connectivity index (χ1n) is 8.67. The van der Waals surface area contributed by atoms with E-state index in [2.05, 4.69) is 20.5 Å². The maximum atomic E-state index is 12.8. The Morgan fingerprint density at radius 3 is 2.67 bits per heavy atom. The van der Waals surface area contributed by atoms with Crippen LogP contribution in [0.1, 0.15) is 19.4 Å². The van der Waals surface area contributed by atoms with Crippen molar-refractivity contribution in [2.24, 2.45) is 5.92 Å². The van der Waals surface area contributed by atoms with Crippen molar-refractivity contribution < 1.29 is 9.59 Å². The zero-order valence-corrected chi connectivity index (χ0v) is 15.3. The Morgan fingerprint density at radius 1 is 1.22 bits per heavy atom. The number of nitrogens with zero attached hydrogens (tertiary/aromatic N) is 3. The van der Waals surface area contributed by atoms with E-state index in [0.717, 1.165) is 5.56 Å².